The summed E-state index contributed by atoms with van der Waals surface area (Å²) in [7, 11) is 0. The van der Waals surface area contributed by atoms with Crippen LogP contribution in [0.3, 0.4) is 0 Å². The molecule has 3 heteroatoms. The van der Waals surface area contributed by atoms with E-state index in [-0.39, 0.29) is 29.0 Å². The van der Waals surface area contributed by atoms with E-state index >= 15 is 0 Å². The number of rotatable bonds is 15. The van der Waals surface area contributed by atoms with Gasteiger partial charge in [-0.2, -0.15) is 0 Å². The average molecular weight is 311 g/mol. The zero-order valence-electron chi connectivity index (χ0n) is 13.9. The molecule has 0 aromatic carbocycles. The minimum atomic E-state index is -0.153. The highest BCUT2D eigenvalue weighted by atomic mass is 24.3. The van der Waals surface area contributed by atoms with Gasteiger partial charge in [-0.3, -0.25) is 4.79 Å². The molecule has 0 saturated carbocycles. The Bertz CT molecular complexity index is 207. The van der Waals surface area contributed by atoms with Gasteiger partial charge in [-0.25, -0.2) is 0 Å². The Kier molecular flexibility index (Phi) is 22.6. The van der Waals surface area contributed by atoms with Crippen LogP contribution in [-0.2, 0) is 9.53 Å². The van der Waals surface area contributed by atoms with Crippen molar-refractivity contribution in [3.05, 3.63) is 0 Å². The number of hydrogen-bond donors (Lipinski definition) is 0. The second-order valence-electron chi connectivity index (χ2n) is 5.94. The lowest BCUT2D eigenvalue weighted by Crippen LogP contribution is -2.00. The van der Waals surface area contributed by atoms with Crippen molar-refractivity contribution in [2.75, 3.05) is 6.61 Å². The van der Waals surface area contributed by atoms with Gasteiger partial charge in [0.2, 0.25) is 0 Å². The molecule has 0 bridgehead atoms. The minimum Gasteiger partial charge on any atom is -0.466 e. The van der Waals surface area contributed by atoms with Crippen molar-refractivity contribution in [1.82, 2.24) is 0 Å². The molecule has 21 heavy (non-hydrogen) atoms. The van der Waals surface area contributed by atoms with E-state index in [2.05, 4.69) is 6.92 Å². The molecule has 0 aromatic heterocycles. The Morgan fingerprint density at radius 2 is 1.00 bits per heavy atom. The maximum atomic E-state index is 10.6. The summed E-state index contributed by atoms with van der Waals surface area (Å²) in [6.07, 6.45) is 19.0. The van der Waals surface area contributed by atoms with E-state index in [1.807, 2.05) is 0 Å². The lowest BCUT2D eigenvalue weighted by Gasteiger charge is -2.03. The van der Waals surface area contributed by atoms with Gasteiger partial charge in [0, 0.05) is 6.92 Å². The molecule has 0 fully saturated rings. The van der Waals surface area contributed by atoms with Crippen molar-refractivity contribution < 1.29 is 9.53 Å². The number of hydrogen-bond acceptors (Lipinski definition) is 2. The first-order chi connectivity index (χ1) is 9.77. The molecule has 0 N–H and O–H groups in total. The summed E-state index contributed by atoms with van der Waals surface area (Å²) in [6.45, 7) is 4.35. The number of carbonyl (C=O) groups is 1. The van der Waals surface area contributed by atoms with E-state index in [0.717, 1.165) is 6.42 Å². The van der Waals surface area contributed by atoms with Gasteiger partial charge in [-0.05, 0) is 6.42 Å². The third kappa shape index (κ3) is 22.7. The maximum Gasteiger partial charge on any atom is 0.316 e. The van der Waals surface area contributed by atoms with E-state index in [4.69, 9.17) is 4.74 Å². The normalized spacial score (nSPS) is 10.2. The predicted molar refractivity (Wildman–Crippen MR) is 95.5 cm³/mol. The molecule has 0 atom stereocenters. The Balaban J connectivity index is 0. The van der Waals surface area contributed by atoms with E-state index in [0.29, 0.717) is 6.61 Å². The fraction of sp³-hybridized carbons (Fsp3) is 0.944. The highest BCUT2D eigenvalue weighted by Gasteiger charge is 1.95. The molecule has 2 nitrogen and oxygen atoms in total. The summed E-state index contributed by atoms with van der Waals surface area (Å²) in [5, 5.41) is 0. The van der Waals surface area contributed by atoms with Gasteiger partial charge in [-0.1, -0.05) is 90.4 Å². The molecule has 0 heterocycles. The van der Waals surface area contributed by atoms with Crippen LogP contribution in [0.5, 0.6) is 0 Å². The predicted octanol–water partition coefficient (Wildman–Crippen LogP) is 5.11. The molecule has 124 valence electrons. The zero-order chi connectivity index (χ0) is 14.9. The molecule has 0 aliphatic rings. The van der Waals surface area contributed by atoms with E-state index in [1.165, 1.54) is 90.4 Å². The molecule has 0 radical (unpaired) electrons. The van der Waals surface area contributed by atoms with Gasteiger partial charge in [0.25, 0.3) is 0 Å². The lowest BCUT2D eigenvalue weighted by atomic mass is 10.0. The molecular formula is C18H38MgO2. The Morgan fingerprint density at radius 3 is 1.33 bits per heavy atom. The molecule has 0 aliphatic heterocycles. The van der Waals surface area contributed by atoms with Crippen LogP contribution < -0.4 is 0 Å². The quantitative estimate of drug-likeness (QED) is 0.238. The van der Waals surface area contributed by atoms with E-state index in [9.17, 15) is 4.79 Å². The third-order valence-electron chi connectivity index (χ3n) is 3.80. The minimum absolute atomic E-state index is 0. The van der Waals surface area contributed by atoms with Gasteiger partial charge in [0.15, 0.2) is 0 Å². The van der Waals surface area contributed by atoms with Crippen LogP contribution in [0.15, 0.2) is 0 Å². The van der Waals surface area contributed by atoms with Gasteiger partial charge in [0.1, 0.15) is 0 Å². The topological polar surface area (TPSA) is 26.3 Å². The molecule has 0 saturated heterocycles. The standard InChI is InChI=1S/C18H36O2.Mg.2H/c1-3-4-5-6-7-8-9-10-11-12-13-14-15-16-17-20-18(2)19;;;/h3-17H2,1-2H3;;;. The third-order valence-corrected chi connectivity index (χ3v) is 3.80. The van der Waals surface area contributed by atoms with Crippen molar-refractivity contribution in [2.45, 2.75) is 104 Å². The Morgan fingerprint density at radius 1 is 0.667 bits per heavy atom. The molecular weight excluding hydrogens is 273 g/mol. The molecule has 0 aliphatic carbocycles. The summed E-state index contributed by atoms with van der Waals surface area (Å²) in [4.78, 5) is 10.6. The second kappa shape index (κ2) is 20.2. The SMILES string of the molecule is CCCCCCCCCCCCCCCCOC(C)=O.[MgH2]. The second-order valence-corrected chi connectivity index (χ2v) is 5.94. The molecule has 0 rings (SSSR count). The van der Waals surface area contributed by atoms with Crippen LogP contribution in [0, 0.1) is 0 Å². The number of carbonyl (C=O) groups excluding carboxylic acids is 1. The Labute approximate surface area is 148 Å². The monoisotopic (exact) mass is 310 g/mol. The van der Waals surface area contributed by atoms with Crippen LogP contribution >= 0.6 is 0 Å². The van der Waals surface area contributed by atoms with Crippen molar-refractivity contribution >= 4 is 29.0 Å². The van der Waals surface area contributed by atoms with E-state index < -0.39 is 0 Å². The summed E-state index contributed by atoms with van der Waals surface area (Å²) >= 11 is 0. The summed E-state index contributed by atoms with van der Waals surface area (Å²) in [5.41, 5.74) is 0. The van der Waals surface area contributed by atoms with Gasteiger partial charge in [-0.15, -0.1) is 0 Å². The first kappa shape index (κ1) is 23.5. The number of ether oxygens (including phenoxy) is 1. The highest BCUT2D eigenvalue weighted by Crippen LogP contribution is 2.12. The summed E-state index contributed by atoms with van der Waals surface area (Å²) in [6, 6.07) is 0. The first-order valence-electron chi connectivity index (χ1n) is 8.90. The van der Waals surface area contributed by atoms with Crippen molar-refractivity contribution in [2.24, 2.45) is 0 Å². The summed E-state index contributed by atoms with van der Waals surface area (Å²) < 4.78 is 4.91. The molecule has 0 amide bonds. The van der Waals surface area contributed by atoms with Crippen LogP contribution in [0.25, 0.3) is 0 Å². The average Bonchev–Trinajstić information content (AvgIpc) is 2.43. The van der Waals surface area contributed by atoms with Gasteiger partial charge in [0.05, 0.1) is 6.61 Å². The molecule has 0 unspecified atom stereocenters. The summed E-state index contributed by atoms with van der Waals surface area (Å²) in [5.74, 6) is -0.153. The number of esters is 1. The van der Waals surface area contributed by atoms with Crippen LogP contribution in [-0.4, -0.2) is 35.6 Å². The van der Waals surface area contributed by atoms with E-state index in [1.54, 1.807) is 0 Å². The van der Waals surface area contributed by atoms with Crippen molar-refractivity contribution in [3.8, 4) is 0 Å². The molecule has 0 aromatic rings. The maximum absolute atomic E-state index is 10.6. The first-order valence-corrected chi connectivity index (χ1v) is 8.90. The largest absolute Gasteiger partial charge is 0.466 e. The number of unbranched alkanes of at least 4 members (excludes halogenated alkanes) is 13. The zero-order valence-corrected chi connectivity index (χ0v) is 13.9. The van der Waals surface area contributed by atoms with Gasteiger partial charge < -0.3 is 4.74 Å². The fourth-order valence-electron chi connectivity index (χ4n) is 2.51. The smallest absolute Gasteiger partial charge is 0.316 e. The van der Waals surface area contributed by atoms with Crippen LogP contribution in [0.4, 0.5) is 0 Å². The van der Waals surface area contributed by atoms with Crippen LogP contribution in [0.1, 0.15) is 104 Å². The lowest BCUT2D eigenvalue weighted by molar-refractivity contribution is -0.141. The highest BCUT2D eigenvalue weighted by molar-refractivity contribution is 5.75. The Hall–Kier alpha value is 0.236. The van der Waals surface area contributed by atoms with Gasteiger partial charge >= 0.3 is 29.0 Å². The van der Waals surface area contributed by atoms with Crippen molar-refractivity contribution in [1.29, 1.82) is 0 Å². The van der Waals surface area contributed by atoms with Crippen molar-refractivity contribution in [3.63, 3.8) is 0 Å². The van der Waals surface area contributed by atoms with Crippen LogP contribution in [0.2, 0.25) is 0 Å². The fourth-order valence-corrected chi connectivity index (χ4v) is 2.51. The molecule has 0 spiro atoms.